The molecule has 0 saturated carbocycles. The van der Waals surface area contributed by atoms with Crippen molar-refractivity contribution in [3.05, 3.63) is 60.8 Å². The van der Waals surface area contributed by atoms with Crippen LogP contribution in [0.1, 0.15) is 136 Å². The summed E-state index contributed by atoms with van der Waals surface area (Å²) in [5.74, 6) is -0.417. The van der Waals surface area contributed by atoms with E-state index in [9.17, 15) is 19.4 Å². The van der Waals surface area contributed by atoms with Gasteiger partial charge in [0.25, 0.3) is 0 Å². The van der Waals surface area contributed by atoms with Gasteiger partial charge in [-0.05, 0) is 57.8 Å². The zero-order valence-corrected chi connectivity index (χ0v) is 31.5. The van der Waals surface area contributed by atoms with Crippen molar-refractivity contribution in [1.29, 1.82) is 0 Å². The first-order valence-electron chi connectivity index (χ1n) is 18.8. The van der Waals surface area contributed by atoms with Gasteiger partial charge in [0.2, 0.25) is 0 Å². The van der Waals surface area contributed by atoms with Crippen LogP contribution in [0.25, 0.3) is 0 Å². The minimum atomic E-state index is -4.52. The minimum absolute atomic E-state index is 0.0338. The van der Waals surface area contributed by atoms with Gasteiger partial charge in [0.1, 0.15) is 12.2 Å². The molecular weight excluding hydrogens is 643 g/mol. The second-order valence-corrected chi connectivity index (χ2v) is 13.7. The number of carbonyl (C=O) groups is 1. The Balaban J connectivity index is 4.29. The second-order valence-electron chi connectivity index (χ2n) is 12.2. The highest BCUT2D eigenvalue weighted by Gasteiger charge is 2.26. The van der Waals surface area contributed by atoms with Crippen molar-refractivity contribution in [2.75, 3.05) is 33.0 Å². The normalized spacial score (nSPS) is 15.0. The van der Waals surface area contributed by atoms with Crippen molar-refractivity contribution in [1.82, 2.24) is 0 Å². The lowest BCUT2D eigenvalue weighted by molar-refractivity contribution is -0.154. The summed E-state index contributed by atoms with van der Waals surface area (Å²) in [7, 11) is -4.52. The van der Waals surface area contributed by atoms with E-state index in [1.807, 2.05) is 0 Å². The quantitative estimate of drug-likeness (QED) is 0.0254. The van der Waals surface area contributed by atoms with Crippen LogP contribution in [0.3, 0.4) is 0 Å². The molecule has 0 amide bonds. The molecule has 3 atom stereocenters. The number of allylic oxidation sites excluding steroid dienone is 10. The van der Waals surface area contributed by atoms with E-state index in [0.29, 0.717) is 13.0 Å². The van der Waals surface area contributed by atoms with Crippen LogP contribution in [0.15, 0.2) is 60.8 Å². The maximum atomic E-state index is 12.5. The molecule has 3 N–H and O–H groups in total. The van der Waals surface area contributed by atoms with Gasteiger partial charge in [-0.25, -0.2) is 4.57 Å². The molecule has 0 aromatic carbocycles. The standard InChI is InChI=1S/C39H69O9P/c1-3-5-7-9-11-13-14-15-16-17-18-19-20-21-22-23-25-27-29-31-39(42)48-38(36-47-49(43,44)46-34-37(41)33-40)35-45-32-30-28-26-24-12-10-8-6-4-2/h5,7,11,13,15-16,18-19,21-22,37-38,40-41H,3-4,6,8-10,12,14,17,20,23-36H2,1-2H3,(H,43,44)/b7-5-,13-11-,16-15-,19-18-,22-21-. The van der Waals surface area contributed by atoms with Crippen molar-refractivity contribution in [3.63, 3.8) is 0 Å². The number of esters is 1. The lowest BCUT2D eigenvalue weighted by Gasteiger charge is -2.20. The van der Waals surface area contributed by atoms with E-state index in [1.165, 1.54) is 38.5 Å². The summed E-state index contributed by atoms with van der Waals surface area (Å²) in [5.41, 5.74) is 0. The Bertz CT molecular complexity index is 945. The van der Waals surface area contributed by atoms with Gasteiger partial charge >= 0.3 is 13.8 Å². The average molecular weight is 713 g/mol. The van der Waals surface area contributed by atoms with Gasteiger partial charge in [0.05, 0.1) is 26.4 Å². The molecule has 0 rings (SSSR count). The number of aliphatic hydroxyl groups is 2. The van der Waals surface area contributed by atoms with Crippen molar-refractivity contribution < 1.29 is 43.0 Å². The molecule has 10 heteroatoms. The molecule has 3 unspecified atom stereocenters. The fourth-order valence-corrected chi connectivity index (χ4v) is 5.40. The summed E-state index contributed by atoms with van der Waals surface area (Å²) >= 11 is 0. The molecule has 0 spiro atoms. The molecule has 0 fully saturated rings. The smallest absolute Gasteiger partial charge is 0.457 e. The first-order chi connectivity index (χ1) is 23.8. The van der Waals surface area contributed by atoms with E-state index in [2.05, 4.69) is 74.6 Å². The van der Waals surface area contributed by atoms with Gasteiger partial charge in [0.15, 0.2) is 0 Å². The van der Waals surface area contributed by atoms with Gasteiger partial charge < -0.3 is 24.6 Å². The Hall–Kier alpha value is -1.84. The van der Waals surface area contributed by atoms with Crippen LogP contribution < -0.4 is 0 Å². The van der Waals surface area contributed by atoms with Gasteiger partial charge in [-0.3, -0.25) is 13.8 Å². The number of ether oxygens (including phenoxy) is 2. The number of aliphatic hydroxyl groups excluding tert-OH is 2. The van der Waals surface area contributed by atoms with E-state index in [0.717, 1.165) is 70.6 Å². The van der Waals surface area contributed by atoms with Crippen LogP contribution in [0, 0.1) is 0 Å². The van der Waals surface area contributed by atoms with E-state index in [1.54, 1.807) is 0 Å². The molecule has 0 aromatic heterocycles. The molecule has 9 nitrogen and oxygen atoms in total. The largest absolute Gasteiger partial charge is 0.472 e. The van der Waals surface area contributed by atoms with Crippen molar-refractivity contribution in [2.24, 2.45) is 0 Å². The van der Waals surface area contributed by atoms with E-state index < -0.39 is 45.8 Å². The van der Waals surface area contributed by atoms with Crippen LogP contribution in [-0.2, 0) is 27.9 Å². The van der Waals surface area contributed by atoms with Crippen LogP contribution in [0.5, 0.6) is 0 Å². The summed E-state index contributed by atoms with van der Waals surface area (Å²) in [4.78, 5) is 22.4. The number of rotatable bonds is 35. The Kier molecular flexibility index (Phi) is 34.6. The SMILES string of the molecule is CC/C=C\C/C=C\C/C=C\C/C=C\C/C=C\CCCCCC(=O)OC(COCCCCCCCCCCC)COP(=O)(O)OCC(O)CO. The third-order valence-corrected chi connectivity index (χ3v) is 8.42. The molecule has 0 radical (unpaired) electrons. The zero-order valence-electron chi connectivity index (χ0n) is 30.6. The Labute approximate surface area is 298 Å². The van der Waals surface area contributed by atoms with Gasteiger partial charge in [-0.2, -0.15) is 0 Å². The molecule has 0 saturated heterocycles. The van der Waals surface area contributed by atoms with Crippen molar-refractivity contribution in [2.45, 2.75) is 148 Å². The fraction of sp³-hybridized carbons (Fsp3) is 0.718. The van der Waals surface area contributed by atoms with Gasteiger partial charge in [-0.15, -0.1) is 0 Å². The lowest BCUT2D eigenvalue weighted by atomic mass is 10.1. The summed E-state index contributed by atoms with van der Waals surface area (Å²) in [5, 5.41) is 18.3. The van der Waals surface area contributed by atoms with E-state index in [-0.39, 0.29) is 13.0 Å². The van der Waals surface area contributed by atoms with E-state index >= 15 is 0 Å². The van der Waals surface area contributed by atoms with Crippen molar-refractivity contribution in [3.8, 4) is 0 Å². The molecule has 0 aliphatic carbocycles. The molecule has 0 aromatic rings. The monoisotopic (exact) mass is 712 g/mol. The second kappa shape index (κ2) is 36.0. The van der Waals surface area contributed by atoms with E-state index in [4.69, 9.17) is 23.6 Å². The van der Waals surface area contributed by atoms with Gasteiger partial charge in [-0.1, -0.05) is 132 Å². The molecular formula is C39H69O9P. The fourth-order valence-electron chi connectivity index (χ4n) is 4.61. The number of phosphoric ester groups is 1. The molecule has 0 heterocycles. The third kappa shape index (κ3) is 35.8. The summed E-state index contributed by atoms with van der Waals surface area (Å²) < 4.78 is 33.1. The highest BCUT2D eigenvalue weighted by atomic mass is 31.2. The number of phosphoric acid groups is 1. The molecule has 49 heavy (non-hydrogen) atoms. The summed E-state index contributed by atoms with van der Waals surface area (Å²) in [6.07, 6.45) is 39.0. The maximum absolute atomic E-state index is 12.5. The van der Waals surface area contributed by atoms with Crippen LogP contribution >= 0.6 is 7.82 Å². The number of unbranched alkanes of at least 4 members (excludes halogenated alkanes) is 11. The zero-order chi connectivity index (χ0) is 36.1. The van der Waals surface area contributed by atoms with Gasteiger partial charge in [0, 0.05) is 13.0 Å². The van der Waals surface area contributed by atoms with Crippen molar-refractivity contribution >= 4 is 13.8 Å². The Morgan fingerprint density at radius 2 is 1.16 bits per heavy atom. The predicted molar refractivity (Wildman–Crippen MR) is 200 cm³/mol. The number of hydrogen-bond donors (Lipinski definition) is 3. The van der Waals surface area contributed by atoms with Crippen LogP contribution in [0.2, 0.25) is 0 Å². The number of hydrogen-bond acceptors (Lipinski definition) is 8. The maximum Gasteiger partial charge on any atom is 0.472 e. The molecule has 284 valence electrons. The third-order valence-electron chi connectivity index (χ3n) is 7.47. The van der Waals surface area contributed by atoms with Crippen LogP contribution in [-0.4, -0.2) is 66.3 Å². The molecule has 0 aliphatic heterocycles. The summed E-state index contributed by atoms with van der Waals surface area (Å²) in [6, 6.07) is 0. The highest BCUT2D eigenvalue weighted by Crippen LogP contribution is 2.43. The summed E-state index contributed by atoms with van der Waals surface area (Å²) in [6.45, 7) is 3.31. The topological polar surface area (TPSA) is 132 Å². The van der Waals surface area contributed by atoms with Crippen LogP contribution in [0.4, 0.5) is 0 Å². The number of carbonyl (C=O) groups excluding carboxylic acids is 1. The highest BCUT2D eigenvalue weighted by molar-refractivity contribution is 7.47. The predicted octanol–water partition coefficient (Wildman–Crippen LogP) is 9.63. The first kappa shape index (κ1) is 47.2. The molecule has 0 aliphatic rings. The minimum Gasteiger partial charge on any atom is -0.457 e. The molecule has 0 bridgehead atoms. The lowest BCUT2D eigenvalue weighted by Crippen LogP contribution is -2.29. The Morgan fingerprint density at radius 3 is 1.73 bits per heavy atom. The first-order valence-corrected chi connectivity index (χ1v) is 20.3. The Morgan fingerprint density at radius 1 is 0.653 bits per heavy atom. The average Bonchev–Trinajstić information content (AvgIpc) is 3.09.